The fourth-order valence-electron chi connectivity index (χ4n) is 3.04. The van der Waals surface area contributed by atoms with E-state index in [4.69, 9.17) is 15.6 Å². The van der Waals surface area contributed by atoms with Crippen LogP contribution in [0.4, 0.5) is 0 Å². The van der Waals surface area contributed by atoms with Crippen molar-refractivity contribution in [3.8, 4) is 0 Å². The SMILES string of the molecule is N=C(NC1CCN(Cc2ccccc2)CC1)OC(=N)c1ccccc1. The normalized spacial score (nSPS) is 15.5. The van der Waals surface area contributed by atoms with Crippen molar-refractivity contribution < 1.29 is 4.74 Å². The Morgan fingerprint density at radius 1 is 0.960 bits per heavy atom. The average molecular weight is 336 g/mol. The minimum Gasteiger partial charge on any atom is -0.407 e. The van der Waals surface area contributed by atoms with Crippen LogP contribution in [-0.4, -0.2) is 36.0 Å². The van der Waals surface area contributed by atoms with E-state index < -0.39 is 0 Å². The summed E-state index contributed by atoms with van der Waals surface area (Å²) in [6.07, 6.45) is 1.94. The zero-order valence-electron chi connectivity index (χ0n) is 14.2. The smallest absolute Gasteiger partial charge is 0.288 e. The van der Waals surface area contributed by atoms with Gasteiger partial charge in [-0.25, -0.2) is 0 Å². The Hall–Kier alpha value is -2.66. The Kier molecular flexibility index (Phi) is 5.80. The van der Waals surface area contributed by atoms with E-state index in [0.717, 1.165) is 32.5 Å². The van der Waals surface area contributed by atoms with Crippen LogP contribution >= 0.6 is 0 Å². The molecular formula is C20H24N4O. The van der Waals surface area contributed by atoms with Crippen molar-refractivity contribution in [1.82, 2.24) is 10.2 Å². The lowest BCUT2D eigenvalue weighted by Gasteiger charge is -2.32. The number of likely N-dealkylation sites (tertiary alicyclic amines) is 1. The van der Waals surface area contributed by atoms with Gasteiger partial charge in [0.25, 0.3) is 6.02 Å². The summed E-state index contributed by atoms with van der Waals surface area (Å²) in [6.45, 7) is 2.96. The summed E-state index contributed by atoms with van der Waals surface area (Å²) >= 11 is 0. The highest BCUT2D eigenvalue weighted by atomic mass is 16.5. The summed E-state index contributed by atoms with van der Waals surface area (Å²) in [5, 5.41) is 19.0. The summed E-state index contributed by atoms with van der Waals surface area (Å²) in [4.78, 5) is 2.43. The quantitative estimate of drug-likeness (QED) is 0.593. The van der Waals surface area contributed by atoms with Crippen molar-refractivity contribution in [2.75, 3.05) is 13.1 Å². The molecule has 3 rings (SSSR count). The molecule has 0 aromatic heterocycles. The van der Waals surface area contributed by atoms with Crippen LogP contribution in [0.5, 0.6) is 0 Å². The number of rotatable bonds is 4. The summed E-state index contributed by atoms with van der Waals surface area (Å²) in [7, 11) is 0. The molecule has 0 saturated carbocycles. The number of ether oxygens (including phenoxy) is 1. The Balaban J connectivity index is 1.41. The number of piperidine rings is 1. The number of hydrogen-bond acceptors (Lipinski definition) is 4. The van der Waals surface area contributed by atoms with Gasteiger partial charge in [0.15, 0.2) is 0 Å². The summed E-state index contributed by atoms with van der Waals surface area (Å²) < 4.78 is 5.30. The second kappa shape index (κ2) is 8.44. The fourth-order valence-corrected chi connectivity index (χ4v) is 3.04. The number of nitrogens with one attached hydrogen (secondary N) is 3. The van der Waals surface area contributed by atoms with E-state index in [1.54, 1.807) is 12.1 Å². The molecule has 0 bridgehead atoms. The van der Waals surface area contributed by atoms with Gasteiger partial charge < -0.3 is 10.1 Å². The molecule has 0 aliphatic carbocycles. The lowest BCUT2D eigenvalue weighted by atomic mass is 10.0. The maximum absolute atomic E-state index is 7.95. The predicted molar refractivity (Wildman–Crippen MR) is 100.0 cm³/mol. The minimum absolute atomic E-state index is 0.000358. The maximum atomic E-state index is 7.95. The Bertz CT molecular complexity index is 694. The Morgan fingerprint density at radius 2 is 1.56 bits per heavy atom. The van der Waals surface area contributed by atoms with Gasteiger partial charge in [-0.1, -0.05) is 48.5 Å². The van der Waals surface area contributed by atoms with Crippen molar-refractivity contribution in [3.05, 3.63) is 71.8 Å². The predicted octanol–water partition coefficient (Wildman–Crippen LogP) is 3.22. The summed E-state index contributed by atoms with van der Waals surface area (Å²) in [5.41, 5.74) is 2.01. The van der Waals surface area contributed by atoms with E-state index in [1.165, 1.54) is 5.56 Å². The summed E-state index contributed by atoms with van der Waals surface area (Å²) in [6, 6.07) is 19.9. The van der Waals surface area contributed by atoms with Gasteiger partial charge in [0, 0.05) is 31.2 Å². The molecule has 1 heterocycles. The number of nitrogens with zero attached hydrogens (tertiary/aromatic N) is 1. The topological polar surface area (TPSA) is 72.2 Å². The first-order valence-corrected chi connectivity index (χ1v) is 8.64. The van der Waals surface area contributed by atoms with Crippen LogP contribution < -0.4 is 5.32 Å². The molecule has 0 spiro atoms. The molecule has 0 amide bonds. The third-order valence-corrected chi connectivity index (χ3v) is 4.41. The van der Waals surface area contributed by atoms with Crippen molar-refractivity contribution in [3.63, 3.8) is 0 Å². The average Bonchev–Trinajstić information content (AvgIpc) is 2.65. The largest absolute Gasteiger partial charge is 0.407 e. The van der Waals surface area contributed by atoms with Gasteiger partial charge in [0.2, 0.25) is 5.90 Å². The maximum Gasteiger partial charge on any atom is 0.288 e. The van der Waals surface area contributed by atoms with Crippen LogP contribution in [0.1, 0.15) is 24.0 Å². The fraction of sp³-hybridized carbons (Fsp3) is 0.300. The van der Waals surface area contributed by atoms with Gasteiger partial charge in [0.05, 0.1) is 0 Å². The molecule has 1 aliphatic heterocycles. The molecule has 25 heavy (non-hydrogen) atoms. The van der Waals surface area contributed by atoms with Gasteiger partial charge in [0.1, 0.15) is 0 Å². The van der Waals surface area contributed by atoms with Crippen molar-refractivity contribution in [2.24, 2.45) is 0 Å². The van der Waals surface area contributed by atoms with Crippen LogP contribution in [0.3, 0.4) is 0 Å². The molecule has 130 valence electrons. The molecule has 2 aromatic carbocycles. The van der Waals surface area contributed by atoms with Crippen LogP contribution in [-0.2, 0) is 11.3 Å². The van der Waals surface area contributed by atoms with E-state index in [9.17, 15) is 0 Å². The molecular weight excluding hydrogens is 312 g/mol. The number of hydrogen-bond donors (Lipinski definition) is 3. The van der Waals surface area contributed by atoms with Crippen molar-refractivity contribution in [2.45, 2.75) is 25.4 Å². The molecule has 2 aromatic rings. The Morgan fingerprint density at radius 3 is 2.20 bits per heavy atom. The van der Waals surface area contributed by atoms with E-state index in [-0.39, 0.29) is 18.0 Å². The first-order chi connectivity index (χ1) is 12.2. The highest BCUT2D eigenvalue weighted by molar-refractivity contribution is 5.98. The molecule has 0 atom stereocenters. The van der Waals surface area contributed by atoms with Crippen LogP contribution in [0, 0.1) is 10.8 Å². The lowest BCUT2D eigenvalue weighted by Crippen LogP contribution is -2.45. The molecule has 1 fully saturated rings. The van der Waals surface area contributed by atoms with Gasteiger partial charge >= 0.3 is 0 Å². The molecule has 0 radical (unpaired) electrons. The molecule has 3 N–H and O–H groups in total. The Labute approximate surface area is 148 Å². The van der Waals surface area contributed by atoms with Crippen molar-refractivity contribution >= 4 is 11.9 Å². The minimum atomic E-state index is -0.0460. The molecule has 1 saturated heterocycles. The third-order valence-electron chi connectivity index (χ3n) is 4.41. The third kappa shape index (κ3) is 5.16. The molecule has 0 unspecified atom stereocenters. The molecule has 5 nitrogen and oxygen atoms in total. The van der Waals surface area contributed by atoms with Crippen molar-refractivity contribution in [1.29, 1.82) is 10.8 Å². The monoisotopic (exact) mass is 336 g/mol. The molecule has 1 aliphatic rings. The first-order valence-electron chi connectivity index (χ1n) is 8.64. The standard InChI is InChI=1S/C20H24N4O/c21-19(17-9-5-2-6-10-17)25-20(22)23-18-11-13-24(14-12-18)15-16-7-3-1-4-8-16/h1-10,18,21H,11-15H2,(H2,22,23). The van der Waals surface area contributed by atoms with Crippen LogP contribution in [0.2, 0.25) is 0 Å². The number of benzene rings is 2. The second-order valence-corrected chi connectivity index (χ2v) is 6.31. The van der Waals surface area contributed by atoms with Crippen LogP contribution in [0.25, 0.3) is 0 Å². The number of amidine groups is 1. The highest BCUT2D eigenvalue weighted by Crippen LogP contribution is 2.14. The van der Waals surface area contributed by atoms with Crippen LogP contribution in [0.15, 0.2) is 60.7 Å². The van der Waals surface area contributed by atoms with E-state index in [0.29, 0.717) is 5.56 Å². The van der Waals surface area contributed by atoms with Gasteiger partial charge in [-0.15, -0.1) is 0 Å². The van der Waals surface area contributed by atoms with E-state index >= 15 is 0 Å². The first kappa shape index (κ1) is 17.2. The second-order valence-electron chi connectivity index (χ2n) is 6.31. The van der Waals surface area contributed by atoms with E-state index in [1.807, 2.05) is 24.3 Å². The zero-order chi connectivity index (χ0) is 17.5. The van der Waals surface area contributed by atoms with Gasteiger partial charge in [-0.05, 0) is 30.5 Å². The zero-order valence-corrected chi connectivity index (χ0v) is 14.2. The van der Waals surface area contributed by atoms with Gasteiger partial charge in [-0.2, -0.15) is 0 Å². The highest BCUT2D eigenvalue weighted by Gasteiger charge is 2.20. The molecule has 5 heteroatoms. The van der Waals surface area contributed by atoms with E-state index in [2.05, 4.69) is 34.5 Å². The lowest BCUT2D eigenvalue weighted by molar-refractivity contribution is 0.196. The summed E-state index contributed by atoms with van der Waals surface area (Å²) in [5.74, 6) is -0.000358. The van der Waals surface area contributed by atoms with Gasteiger partial charge in [-0.3, -0.25) is 15.7 Å².